The van der Waals surface area contributed by atoms with Crippen LogP contribution in [0.2, 0.25) is 0 Å². The number of carbonyl (C=O) groups is 1. The molecule has 0 radical (unpaired) electrons. The molecule has 1 aromatic heterocycles. The van der Waals surface area contributed by atoms with Gasteiger partial charge >= 0.3 is 5.63 Å². The van der Waals surface area contributed by atoms with Gasteiger partial charge < -0.3 is 19.2 Å². The van der Waals surface area contributed by atoms with Crippen molar-refractivity contribution in [1.29, 1.82) is 0 Å². The van der Waals surface area contributed by atoms with E-state index in [-0.39, 0.29) is 12.5 Å². The second-order valence-electron chi connectivity index (χ2n) is 5.68. The van der Waals surface area contributed by atoms with E-state index in [1.54, 1.807) is 30.3 Å². The van der Waals surface area contributed by atoms with E-state index in [2.05, 4.69) is 5.32 Å². The number of aryl methyl sites for hydroxylation is 1. The normalized spacial score (nSPS) is 10.5. The monoisotopic (exact) mass is 353 g/mol. The Labute approximate surface area is 150 Å². The molecule has 134 valence electrons. The number of hydrogen-bond donors (Lipinski definition) is 1. The minimum atomic E-state index is -0.422. The predicted molar refractivity (Wildman–Crippen MR) is 99.0 cm³/mol. The largest absolute Gasteiger partial charge is 0.490 e. The molecule has 0 bridgehead atoms. The van der Waals surface area contributed by atoms with Crippen molar-refractivity contribution in [2.75, 3.05) is 18.5 Å². The van der Waals surface area contributed by atoms with E-state index >= 15 is 0 Å². The second kappa shape index (κ2) is 7.74. The van der Waals surface area contributed by atoms with Crippen LogP contribution in [0.15, 0.2) is 57.7 Å². The number of para-hydroxylation sites is 2. The van der Waals surface area contributed by atoms with Gasteiger partial charge in [0.1, 0.15) is 5.58 Å². The molecule has 6 nitrogen and oxygen atoms in total. The highest BCUT2D eigenvalue weighted by Gasteiger charge is 2.09. The Balaban J connectivity index is 1.69. The average Bonchev–Trinajstić information content (AvgIpc) is 2.61. The number of rotatable bonds is 6. The molecule has 0 saturated heterocycles. The van der Waals surface area contributed by atoms with Crippen LogP contribution in [0.5, 0.6) is 11.5 Å². The molecule has 0 saturated carbocycles. The number of carbonyl (C=O) groups excluding carboxylic acids is 1. The molecule has 0 spiro atoms. The number of fused-ring (bicyclic) bond motifs is 1. The van der Waals surface area contributed by atoms with E-state index in [0.717, 1.165) is 10.9 Å². The first-order chi connectivity index (χ1) is 12.6. The molecule has 0 atom stereocenters. The van der Waals surface area contributed by atoms with Crippen molar-refractivity contribution < 1.29 is 18.7 Å². The lowest BCUT2D eigenvalue weighted by Gasteiger charge is -2.12. The van der Waals surface area contributed by atoms with Gasteiger partial charge in [-0.3, -0.25) is 4.79 Å². The lowest BCUT2D eigenvalue weighted by molar-refractivity contribution is -0.118. The van der Waals surface area contributed by atoms with E-state index < -0.39 is 5.63 Å². The van der Waals surface area contributed by atoms with E-state index in [0.29, 0.717) is 29.4 Å². The van der Waals surface area contributed by atoms with Crippen LogP contribution < -0.4 is 20.4 Å². The van der Waals surface area contributed by atoms with Crippen LogP contribution in [0, 0.1) is 6.92 Å². The van der Waals surface area contributed by atoms with Gasteiger partial charge in [0.2, 0.25) is 0 Å². The number of benzene rings is 2. The average molecular weight is 353 g/mol. The highest BCUT2D eigenvalue weighted by molar-refractivity contribution is 5.94. The number of nitrogens with one attached hydrogen (secondary N) is 1. The van der Waals surface area contributed by atoms with Crippen LogP contribution in [0.3, 0.4) is 0 Å². The van der Waals surface area contributed by atoms with Crippen LogP contribution in [-0.2, 0) is 4.79 Å². The van der Waals surface area contributed by atoms with Gasteiger partial charge in [0.25, 0.3) is 5.91 Å². The zero-order valence-corrected chi connectivity index (χ0v) is 14.6. The molecule has 6 heteroatoms. The highest BCUT2D eigenvalue weighted by Crippen LogP contribution is 2.26. The van der Waals surface area contributed by atoms with Gasteiger partial charge in [0.15, 0.2) is 18.1 Å². The zero-order chi connectivity index (χ0) is 18.5. The third kappa shape index (κ3) is 4.03. The van der Waals surface area contributed by atoms with Crippen LogP contribution in [0.4, 0.5) is 5.69 Å². The molecule has 1 heterocycles. The Hall–Kier alpha value is -3.28. The topological polar surface area (TPSA) is 77.8 Å². The molecule has 0 fully saturated rings. The predicted octanol–water partition coefficient (Wildman–Crippen LogP) is 3.52. The maximum absolute atomic E-state index is 12.2. The lowest BCUT2D eigenvalue weighted by atomic mass is 10.1. The first-order valence-electron chi connectivity index (χ1n) is 8.26. The van der Waals surface area contributed by atoms with Gasteiger partial charge in [0, 0.05) is 23.2 Å². The molecular weight excluding hydrogens is 334 g/mol. The molecule has 1 amide bonds. The fourth-order valence-corrected chi connectivity index (χ4v) is 2.59. The van der Waals surface area contributed by atoms with E-state index in [1.807, 2.05) is 26.0 Å². The second-order valence-corrected chi connectivity index (χ2v) is 5.68. The van der Waals surface area contributed by atoms with Gasteiger partial charge in [-0.25, -0.2) is 4.79 Å². The third-order valence-corrected chi connectivity index (χ3v) is 3.74. The summed E-state index contributed by atoms with van der Waals surface area (Å²) in [5, 5.41) is 3.55. The van der Waals surface area contributed by atoms with Crippen LogP contribution in [0.25, 0.3) is 11.0 Å². The molecule has 0 aliphatic heterocycles. The maximum atomic E-state index is 12.2. The summed E-state index contributed by atoms with van der Waals surface area (Å²) in [6, 6.07) is 13.8. The SMILES string of the molecule is CCOc1ccccc1OCC(=O)Nc1ccc2c(C)cc(=O)oc2c1. The van der Waals surface area contributed by atoms with Crippen molar-refractivity contribution >= 4 is 22.6 Å². The summed E-state index contributed by atoms with van der Waals surface area (Å²) in [6.07, 6.45) is 0. The standard InChI is InChI=1S/C20H19NO5/c1-3-24-16-6-4-5-7-17(16)25-12-19(22)21-14-8-9-15-13(2)10-20(23)26-18(15)11-14/h4-11H,3,12H2,1-2H3,(H,21,22). The van der Waals surface area contributed by atoms with E-state index in [9.17, 15) is 9.59 Å². The van der Waals surface area contributed by atoms with Gasteiger partial charge in [-0.2, -0.15) is 0 Å². The minimum absolute atomic E-state index is 0.167. The van der Waals surface area contributed by atoms with Crippen molar-refractivity contribution in [3.05, 3.63) is 64.5 Å². The number of ether oxygens (including phenoxy) is 2. The van der Waals surface area contributed by atoms with E-state index in [1.165, 1.54) is 6.07 Å². The first-order valence-corrected chi connectivity index (χ1v) is 8.26. The summed E-state index contributed by atoms with van der Waals surface area (Å²) in [6.45, 7) is 4.05. The van der Waals surface area contributed by atoms with Crippen LogP contribution in [-0.4, -0.2) is 19.1 Å². The fraction of sp³-hybridized carbons (Fsp3) is 0.200. The van der Waals surface area contributed by atoms with Crippen molar-refractivity contribution in [3.63, 3.8) is 0 Å². The Morgan fingerprint density at radius 3 is 2.54 bits per heavy atom. The molecular formula is C20H19NO5. The number of hydrogen-bond acceptors (Lipinski definition) is 5. The zero-order valence-electron chi connectivity index (χ0n) is 14.6. The summed E-state index contributed by atoms with van der Waals surface area (Å²) < 4.78 is 16.2. The van der Waals surface area contributed by atoms with Crippen LogP contribution >= 0.6 is 0 Å². The molecule has 0 aliphatic carbocycles. The maximum Gasteiger partial charge on any atom is 0.336 e. The van der Waals surface area contributed by atoms with Crippen LogP contribution in [0.1, 0.15) is 12.5 Å². The van der Waals surface area contributed by atoms with E-state index in [4.69, 9.17) is 13.9 Å². The Morgan fingerprint density at radius 2 is 1.81 bits per heavy atom. The van der Waals surface area contributed by atoms with Crippen molar-refractivity contribution in [1.82, 2.24) is 0 Å². The Morgan fingerprint density at radius 1 is 1.08 bits per heavy atom. The fourth-order valence-electron chi connectivity index (χ4n) is 2.59. The molecule has 26 heavy (non-hydrogen) atoms. The number of amides is 1. The smallest absolute Gasteiger partial charge is 0.336 e. The van der Waals surface area contributed by atoms with Crippen molar-refractivity contribution in [2.45, 2.75) is 13.8 Å². The summed E-state index contributed by atoms with van der Waals surface area (Å²) in [5.41, 5.74) is 1.35. The molecule has 2 aromatic carbocycles. The highest BCUT2D eigenvalue weighted by atomic mass is 16.5. The Bertz CT molecular complexity index is 993. The summed E-state index contributed by atoms with van der Waals surface area (Å²) in [7, 11) is 0. The molecule has 0 aliphatic rings. The van der Waals surface area contributed by atoms with Gasteiger partial charge in [-0.15, -0.1) is 0 Å². The van der Waals surface area contributed by atoms with Gasteiger partial charge in [0.05, 0.1) is 6.61 Å². The molecule has 3 aromatic rings. The molecule has 0 unspecified atom stereocenters. The van der Waals surface area contributed by atoms with Gasteiger partial charge in [-0.05, 0) is 43.7 Å². The lowest BCUT2D eigenvalue weighted by Crippen LogP contribution is -2.20. The Kier molecular flexibility index (Phi) is 5.22. The summed E-state index contributed by atoms with van der Waals surface area (Å²) in [5.74, 6) is 0.765. The molecule has 1 N–H and O–H groups in total. The summed E-state index contributed by atoms with van der Waals surface area (Å²) in [4.78, 5) is 23.7. The number of anilines is 1. The third-order valence-electron chi connectivity index (χ3n) is 3.74. The quantitative estimate of drug-likeness (QED) is 0.686. The van der Waals surface area contributed by atoms with Crippen molar-refractivity contribution in [3.8, 4) is 11.5 Å². The summed E-state index contributed by atoms with van der Waals surface area (Å²) >= 11 is 0. The van der Waals surface area contributed by atoms with Gasteiger partial charge in [-0.1, -0.05) is 12.1 Å². The minimum Gasteiger partial charge on any atom is -0.490 e. The van der Waals surface area contributed by atoms with Crippen molar-refractivity contribution in [2.24, 2.45) is 0 Å². The molecule has 3 rings (SSSR count). The first kappa shape index (κ1) is 17.5.